The minimum atomic E-state index is -0.556. The van der Waals surface area contributed by atoms with Crippen LogP contribution in [0.3, 0.4) is 0 Å². The highest BCUT2D eigenvalue weighted by atomic mass is 16.5. The first-order valence-corrected chi connectivity index (χ1v) is 6.85. The van der Waals surface area contributed by atoms with Crippen molar-refractivity contribution in [1.82, 2.24) is 10.1 Å². The van der Waals surface area contributed by atoms with Crippen molar-refractivity contribution in [3.05, 3.63) is 11.7 Å². The second-order valence-corrected chi connectivity index (χ2v) is 5.24. The fourth-order valence-electron chi connectivity index (χ4n) is 1.83. The van der Waals surface area contributed by atoms with Gasteiger partial charge in [0.25, 0.3) is 5.89 Å². The van der Waals surface area contributed by atoms with Crippen molar-refractivity contribution < 1.29 is 14.0 Å². The van der Waals surface area contributed by atoms with Crippen molar-refractivity contribution in [3.8, 4) is 0 Å². The molecule has 2 N–H and O–H groups in total. The van der Waals surface area contributed by atoms with Gasteiger partial charge in [0.2, 0.25) is 0 Å². The zero-order chi connectivity index (χ0) is 13.9. The SMILES string of the molecule is CCC(C)(OC)c1nc(C(N)COC2CCC2)no1. The van der Waals surface area contributed by atoms with Crippen LogP contribution in [0, 0.1) is 0 Å². The lowest BCUT2D eigenvalue weighted by Crippen LogP contribution is -2.28. The van der Waals surface area contributed by atoms with Gasteiger partial charge in [-0.3, -0.25) is 0 Å². The minimum absolute atomic E-state index is 0.351. The van der Waals surface area contributed by atoms with Crippen LogP contribution in [-0.4, -0.2) is 30.0 Å². The van der Waals surface area contributed by atoms with Crippen LogP contribution in [0.25, 0.3) is 0 Å². The van der Waals surface area contributed by atoms with E-state index in [1.807, 2.05) is 13.8 Å². The Morgan fingerprint density at radius 1 is 1.53 bits per heavy atom. The quantitative estimate of drug-likeness (QED) is 0.814. The second-order valence-electron chi connectivity index (χ2n) is 5.24. The Balaban J connectivity index is 1.95. The Morgan fingerprint density at radius 3 is 2.79 bits per heavy atom. The molecular formula is C13H23N3O3. The summed E-state index contributed by atoms with van der Waals surface area (Å²) in [7, 11) is 1.63. The van der Waals surface area contributed by atoms with E-state index >= 15 is 0 Å². The molecule has 6 nitrogen and oxygen atoms in total. The first kappa shape index (κ1) is 14.4. The van der Waals surface area contributed by atoms with Crippen LogP contribution in [0.2, 0.25) is 0 Å². The molecule has 6 heteroatoms. The Hall–Kier alpha value is -0.980. The van der Waals surface area contributed by atoms with Gasteiger partial charge in [0.1, 0.15) is 5.60 Å². The molecule has 0 spiro atoms. The zero-order valence-corrected chi connectivity index (χ0v) is 11.9. The number of hydrogen-bond donors (Lipinski definition) is 1. The Bertz CT molecular complexity index is 400. The van der Waals surface area contributed by atoms with Crippen molar-refractivity contribution in [2.45, 2.75) is 57.3 Å². The van der Waals surface area contributed by atoms with Gasteiger partial charge in [0.15, 0.2) is 5.82 Å². The lowest BCUT2D eigenvalue weighted by Gasteiger charge is -2.26. The molecule has 2 rings (SSSR count). The van der Waals surface area contributed by atoms with Crippen LogP contribution < -0.4 is 5.73 Å². The first-order chi connectivity index (χ1) is 9.09. The van der Waals surface area contributed by atoms with Gasteiger partial charge in [-0.1, -0.05) is 12.1 Å². The average molecular weight is 269 g/mol. The number of methoxy groups -OCH3 is 1. The first-order valence-electron chi connectivity index (χ1n) is 6.85. The van der Waals surface area contributed by atoms with E-state index in [0.717, 1.165) is 19.3 Å². The van der Waals surface area contributed by atoms with Crippen LogP contribution in [-0.2, 0) is 15.1 Å². The molecule has 19 heavy (non-hydrogen) atoms. The van der Waals surface area contributed by atoms with E-state index in [2.05, 4.69) is 10.1 Å². The minimum Gasteiger partial charge on any atom is -0.376 e. The molecule has 1 aliphatic carbocycles. The lowest BCUT2D eigenvalue weighted by atomic mass is 9.96. The van der Waals surface area contributed by atoms with Crippen molar-refractivity contribution in [1.29, 1.82) is 0 Å². The number of aromatic nitrogens is 2. The summed E-state index contributed by atoms with van der Waals surface area (Å²) in [5, 5.41) is 3.93. The van der Waals surface area contributed by atoms with Crippen LogP contribution in [0.5, 0.6) is 0 Å². The van der Waals surface area contributed by atoms with Gasteiger partial charge in [-0.05, 0) is 32.6 Å². The molecule has 108 valence electrons. The zero-order valence-electron chi connectivity index (χ0n) is 11.9. The maximum absolute atomic E-state index is 6.01. The van der Waals surface area contributed by atoms with E-state index in [1.165, 1.54) is 6.42 Å². The highest BCUT2D eigenvalue weighted by Gasteiger charge is 2.32. The fourth-order valence-corrected chi connectivity index (χ4v) is 1.83. The predicted octanol–water partition coefficient (Wildman–Crippen LogP) is 1.91. The predicted molar refractivity (Wildman–Crippen MR) is 69.5 cm³/mol. The van der Waals surface area contributed by atoms with Crippen LogP contribution in [0.1, 0.15) is 57.3 Å². The summed E-state index contributed by atoms with van der Waals surface area (Å²) < 4.78 is 16.3. The normalized spacial score (nSPS) is 20.8. The third-order valence-electron chi connectivity index (χ3n) is 3.91. The number of hydrogen-bond acceptors (Lipinski definition) is 6. The molecule has 0 amide bonds. The summed E-state index contributed by atoms with van der Waals surface area (Å²) in [6, 6.07) is -0.351. The number of ether oxygens (including phenoxy) is 2. The van der Waals surface area contributed by atoms with Gasteiger partial charge in [-0.25, -0.2) is 0 Å². The van der Waals surface area contributed by atoms with E-state index in [-0.39, 0.29) is 6.04 Å². The maximum atomic E-state index is 6.01. The molecule has 0 saturated heterocycles. The third kappa shape index (κ3) is 3.13. The molecular weight excluding hydrogens is 246 g/mol. The highest BCUT2D eigenvalue weighted by molar-refractivity contribution is 5.00. The monoisotopic (exact) mass is 269 g/mol. The molecule has 2 unspecified atom stereocenters. The second kappa shape index (κ2) is 5.98. The molecule has 0 aromatic carbocycles. The molecule has 1 aromatic rings. The molecule has 1 fully saturated rings. The smallest absolute Gasteiger partial charge is 0.258 e. The summed E-state index contributed by atoms with van der Waals surface area (Å²) >= 11 is 0. The van der Waals surface area contributed by atoms with Gasteiger partial charge < -0.3 is 19.7 Å². The molecule has 0 aliphatic heterocycles. The van der Waals surface area contributed by atoms with Crippen molar-refractivity contribution >= 4 is 0 Å². The maximum Gasteiger partial charge on any atom is 0.258 e. The van der Waals surface area contributed by atoms with E-state index in [0.29, 0.717) is 24.4 Å². The van der Waals surface area contributed by atoms with Crippen molar-refractivity contribution in [3.63, 3.8) is 0 Å². The molecule has 2 atom stereocenters. The Morgan fingerprint density at radius 2 is 2.26 bits per heavy atom. The summed E-state index contributed by atoms with van der Waals surface area (Å²) in [5.41, 5.74) is 5.46. The number of nitrogens with zero attached hydrogens (tertiary/aromatic N) is 2. The largest absolute Gasteiger partial charge is 0.376 e. The van der Waals surface area contributed by atoms with Gasteiger partial charge in [0, 0.05) is 7.11 Å². The van der Waals surface area contributed by atoms with Gasteiger partial charge in [0.05, 0.1) is 18.8 Å². The van der Waals surface area contributed by atoms with Crippen molar-refractivity contribution in [2.24, 2.45) is 5.73 Å². The average Bonchev–Trinajstić information content (AvgIpc) is 2.86. The molecule has 0 bridgehead atoms. The van der Waals surface area contributed by atoms with E-state index in [4.69, 9.17) is 19.7 Å². The topological polar surface area (TPSA) is 83.4 Å². The van der Waals surface area contributed by atoms with E-state index < -0.39 is 5.60 Å². The number of rotatable bonds is 7. The summed E-state index contributed by atoms with van der Waals surface area (Å²) in [5.74, 6) is 0.942. The van der Waals surface area contributed by atoms with Gasteiger partial charge >= 0.3 is 0 Å². The summed E-state index contributed by atoms with van der Waals surface area (Å²) in [6.45, 7) is 4.35. The summed E-state index contributed by atoms with van der Waals surface area (Å²) in [6.07, 6.45) is 4.61. The highest BCUT2D eigenvalue weighted by Crippen LogP contribution is 2.27. The molecule has 1 heterocycles. The molecule has 1 aromatic heterocycles. The lowest BCUT2D eigenvalue weighted by molar-refractivity contribution is -0.0272. The standard InChI is InChI=1S/C13H23N3O3/c1-4-13(2,17-3)12-15-11(16-19-12)10(14)8-18-9-6-5-7-9/h9-10H,4-8,14H2,1-3H3. The van der Waals surface area contributed by atoms with Crippen LogP contribution in [0.4, 0.5) is 0 Å². The fraction of sp³-hybridized carbons (Fsp3) is 0.846. The van der Waals surface area contributed by atoms with E-state index in [1.54, 1.807) is 7.11 Å². The number of nitrogens with two attached hydrogens (primary N) is 1. The Labute approximate surface area is 113 Å². The van der Waals surface area contributed by atoms with Gasteiger partial charge in [-0.2, -0.15) is 4.98 Å². The molecule has 1 saturated carbocycles. The molecule has 0 radical (unpaired) electrons. The van der Waals surface area contributed by atoms with Crippen molar-refractivity contribution in [2.75, 3.05) is 13.7 Å². The molecule has 1 aliphatic rings. The third-order valence-corrected chi connectivity index (χ3v) is 3.91. The van der Waals surface area contributed by atoms with E-state index in [9.17, 15) is 0 Å². The summed E-state index contributed by atoms with van der Waals surface area (Å²) in [4.78, 5) is 4.34. The Kier molecular flexibility index (Phi) is 4.54. The van der Waals surface area contributed by atoms with Crippen LogP contribution >= 0.6 is 0 Å². The van der Waals surface area contributed by atoms with Crippen LogP contribution in [0.15, 0.2) is 4.52 Å². The van der Waals surface area contributed by atoms with Gasteiger partial charge in [-0.15, -0.1) is 0 Å².